The van der Waals surface area contributed by atoms with Gasteiger partial charge >= 0.3 is 0 Å². The van der Waals surface area contributed by atoms with Crippen LogP contribution in [0.2, 0.25) is 0 Å². The molecule has 0 fully saturated rings. The van der Waals surface area contributed by atoms with E-state index in [9.17, 15) is 20.1 Å². The number of aromatic amines is 1. The predicted molar refractivity (Wildman–Crippen MR) is 103 cm³/mol. The number of nitrogens with one attached hydrogen (secondary N) is 1. The molecule has 7 nitrogen and oxygen atoms in total. The first kappa shape index (κ1) is 17.1. The number of aromatic hydroxyl groups is 3. The molecule has 0 spiro atoms. The Morgan fingerprint density at radius 1 is 0.929 bits per heavy atom. The van der Waals surface area contributed by atoms with E-state index in [0.717, 1.165) is 11.1 Å². The van der Waals surface area contributed by atoms with Crippen LogP contribution in [0, 0.1) is 11.3 Å². The van der Waals surface area contributed by atoms with Gasteiger partial charge in [-0.3, -0.25) is 4.79 Å². The van der Waals surface area contributed by atoms with Crippen LogP contribution in [0.4, 0.5) is 0 Å². The molecule has 0 saturated heterocycles. The Hall–Kier alpha value is -4.31. The molecule has 0 amide bonds. The average molecular weight is 371 g/mol. The second-order valence-electron chi connectivity index (χ2n) is 6.16. The third-order valence-electron chi connectivity index (χ3n) is 4.42. The number of H-pyrrole nitrogens is 1. The first-order valence-electron chi connectivity index (χ1n) is 8.27. The normalized spacial score (nSPS) is 10.7. The minimum atomic E-state index is -0.667. The zero-order chi connectivity index (χ0) is 19.8. The van der Waals surface area contributed by atoms with Crippen molar-refractivity contribution in [2.45, 2.75) is 0 Å². The van der Waals surface area contributed by atoms with E-state index in [1.54, 1.807) is 48.5 Å². The number of hydrogen-bond donors (Lipinski definition) is 4. The summed E-state index contributed by atoms with van der Waals surface area (Å²) in [6.07, 6.45) is 0. The maximum absolute atomic E-state index is 11.8. The topological polar surface area (TPSA) is 130 Å². The summed E-state index contributed by atoms with van der Waals surface area (Å²) < 4.78 is 0. The fourth-order valence-electron chi connectivity index (χ4n) is 3.00. The van der Waals surface area contributed by atoms with Crippen molar-refractivity contribution < 1.29 is 15.3 Å². The highest BCUT2D eigenvalue weighted by Gasteiger charge is 2.14. The number of fused-ring (bicyclic) bond motifs is 1. The maximum atomic E-state index is 11.8. The molecule has 0 bridgehead atoms. The van der Waals surface area contributed by atoms with E-state index in [0.29, 0.717) is 16.8 Å². The summed E-state index contributed by atoms with van der Waals surface area (Å²) in [5.74, 6) is -0.504. The van der Waals surface area contributed by atoms with Gasteiger partial charge in [-0.1, -0.05) is 24.3 Å². The van der Waals surface area contributed by atoms with E-state index >= 15 is 0 Å². The summed E-state index contributed by atoms with van der Waals surface area (Å²) in [6, 6.07) is 16.5. The summed E-state index contributed by atoms with van der Waals surface area (Å²) in [6.45, 7) is 0. The number of benzene rings is 2. The van der Waals surface area contributed by atoms with Gasteiger partial charge in [0.2, 0.25) is 0 Å². The fraction of sp³-hybridized carbons (Fsp3) is 0. The Balaban J connectivity index is 1.78. The predicted octanol–water partition coefficient (Wildman–Crippen LogP) is 3.25. The van der Waals surface area contributed by atoms with Crippen LogP contribution in [0.5, 0.6) is 17.2 Å². The molecule has 7 heteroatoms. The van der Waals surface area contributed by atoms with Crippen molar-refractivity contribution in [2.75, 3.05) is 0 Å². The van der Waals surface area contributed by atoms with Gasteiger partial charge in [0.05, 0.1) is 11.2 Å². The number of nitrogens with zero attached hydrogens (tertiary/aromatic N) is 2. The van der Waals surface area contributed by atoms with Crippen LogP contribution in [0.25, 0.3) is 33.4 Å². The Bertz CT molecular complexity index is 1320. The smallest absolute Gasteiger partial charge is 0.270 e. The summed E-state index contributed by atoms with van der Waals surface area (Å²) >= 11 is 0. The minimum Gasteiger partial charge on any atom is -0.508 e. The van der Waals surface area contributed by atoms with E-state index in [1.165, 1.54) is 12.1 Å². The lowest BCUT2D eigenvalue weighted by atomic mass is 10.0. The van der Waals surface area contributed by atoms with Gasteiger partial charge in [-0.15, -0.1) is 0 Å². The van der Waals surface area contributed by atoms with Gasteiger partial charge < -0.3 is 20.3 Å². The number of phenolic OH excluding ortho intramolecular Hbond substituents is 2. The van der Waals surface area contributed by atoms with Crippen molar-refractivity contribution in [3.8, 4) is 45.7 Å². The number of hydrogen-bond acceptors (Lipinski definition) is 6. The van der Waals surface area contributed by atoms with Crippen molar-refractivity contribution in [3.63, 3.8) is 0 Å². The number of rotatable bonds is 2. The van der Waals surface area contributed by atoms with Gasteiger partial charge in [0, 0.05) is 17.2 Å². The van der Waals surface area contributed by atoms with Gasteiger partial charge in [-0.2, -0.15) is 5.26 Å². The van der Waals surface area contributed by atoms with Crippen LogP contribution >= 0.6 is 0 Å². The minimum absolute atomic E-state index is 0.0205. The van der Waals surface area contributed by atoms with Crippen LogP contribution < -0.4 is 5.56 Å². The fourth-order valence-corrected chi connectivity index (χ4v) is 3.00. The van der Waals surface area contributed by atoms with E-state index in [-0.39, 0.29) is 22.6 Å². The molecule has 4 rings (SSSR count). The number of phenols is 2. The molecule has 136 valence electrons. The first-order chi connectivity index (χ1) is 13.5. The van der Waals surface area contributed by atoms with Crippen LogP contribution in [0.3, 0.4) is 0 Å². The van der Waals surface area contributed by atoms with Gasteiger partial charge in [0.15, 0.2) is 11.3 Å². The quantitative estimate of drug-likeness (QED) is 0.428. The SMILES string of the molecule is N#Cc1c(O)c2nc(-c3ccc(-c4ccc(O)cc4O)cc3)ccc2[nH]c1=O. The third-order valence-corrected chi connectivity index (χ3v) is 4.42. The van der Waals surface area contributed by atoms with Crippen LogP contribution in [0.1, 0.15) is 5.56 Å². The largest absolute Gasteiger partial charge is 0.508 e. The van der Waals surface area contributed by atoms with Crippen molar-refractivity contribution in [3.05, 3.63) is 70.5 Å². The zero-order valence-electron chi connectivity index (χ0n) is 14.3. The lowest BCUT2D eigenvalue weighted by Crippen LogP contribution is -2.10. The molecule has 4 N–H and O–H groups in total. The Morgan fingerprint density at radius 3 is 2.32 bits per heavy atom. The van der Waals surface area contributed by atoms with Crippen molar-refractivity contribution in [1.29, 1.82) is 5.26 Å². The second-order valence-corrected chi connectivity index (χ2v) is 6.16. The molecule has 0 radical (unpaired) electrons. The van der Waals surface area contributed by atoms with Gasteiger partial charge in [0.25, 0.3) is 5.56 Å². The molecule has 0 aliphatic heterocycles. The lowest BCUT2D eigenvalue weighted by Gasteiger charge is -2.08. The molecule has 2 aromatic carbocycles. The van der Waals surface area contributed by atoms with E-state index in [2.05, 4.69) is 9.97 Å². The lowest BCUT2D eigenvalue weighted by molar-refractivity contribution is 0.452. The molecule has 28 heavy (non-hydrogen) atoms. The molecule has 0 aliphatic rings. The second kappa shape index (κ2) is 6.45. The summed E-state index contributed by atoms with van der Waals surface area (Å²) in [5.41, 5.74) is 2.03. The molecular weight excluding hydrogens is 358 g/mol. The third kappa shape index (κ3) is 2.79. The molecule has 2 heterocycles. The number of nitriles is 1. The monoisotopic (exact) mass is 371 g/mol. The highest BCUT2D eigenvalue weighted by molar-refractivity contribution is 5.85. The number of pyridine rings is 2. The standard InChI is InChI=1S/C21H13N3O4/c22-10-15-20(27)19-17(24-21(15)28)8-7-16(23-19)12-3-1-11(2-4-12)14-6-5-13(25)9-18(14)26/h1-9,25-26H,(H2,24,27,28). The van der Waals surface area contributed by atoms with Gasteiger partial charge in [0.1, 0.15) is 23.1 Å². The molecule has 4 aromatic rings. The van der Waals surface area contributed by atoms with E-state index < -0.39 is 11.3 Å². The average Bonchev–Trinajstić information content (AvgIpc) is 2.68. The number of aromatic nitrogens is 2. The highest BCUT2D eigenvalue weighted by Crippen LogP contribution is 2.33. The molecule has 0 aliphatic carbocycles. The van der Waals surface area contributed by atoms with Crippen molar-refractivity contribution >= 4 is 11.0 Å². The summed E-state index contributed by atoms with van der Waals surface area (Å²) in [7, 11) is 0. The van der Waals surface area contributed by atoms with Gasteiger partial charge in [-0.05, 0) is 29.8 Å². The van der Waals surface area contributed by atoms with Crippen LogP contribution in [-0.4, -0.2) is 25.3 Å². The van der Waals surface area contributed by atoms with Crippen molar-refractivity contribution in [1.82, 2.24) is 9.97 Å². The Morgan fingerprint density at radius 2 is 1.64 bits per heavy atom. The van der Waals surface area contributed by atoms with E-state index in [1.807, 2.05) is 0 Å². The molecule has 0 atom stereocenters. The molecule has 0 unspecified atom stereocenters. The molecule has 0 saturated carbocycles. The van der Waals surface area contributed by atoms with Crippen LogP contribution in [0.15, 0.2) is 59.4 Å². The molecular formula is C21H13N3O4. The van der Waals surface area contributed by atoms with E-state index in [4.69, 9.17) is 5.26 Å². The van der Waals surface area contributed by atoms with Crippen molar-refractivity contribution in [2.24, 2.45) is 0 Å². The Kier molecular flexibility index (Phi) is 3.94. The molecule has 2 aromatic heterocycles. The zero-order valence-corrected chi connectivity index (χ0v) is 14.3. The summed E-state index contributed by atoms with van der Waals surface area (Å²) in [5, 5.41) is 38.6. The first-order valence-corrected chi connectivity index (χ1v) is 8.27. The van der Waals surface area contributed by atoms with Crippen LogP contribution in [-0.2, 0) is 0 Å². The Labute approximate surface area is 158 Å². The van der Waals surface area contributed by atoms with Gasteiger partial charge in [-0.25, -0.2) is 4.98 Å². The maximum Gasteiger partial charge on any atom is 0.270 e. The summed E-state index contributed by atoms with van der Waals surface area (Å²) in [4.78, 5) is 18.7. The highest BCUT2D eigenvalue weighted by atomic mass is 16.3.